The molecule has 0 unspecified atom stereocenters. The van der Waals surface area contributed by atoms with Gasteiger partial charge in [0.1, 0.15) is 0 Å². The summed E-state index contributed by atoms with van der Waals surface area (Å²) in [4.78, 5) is 10.8. The van der Waals surface area contributed by atoms with Crippen LogP contribution >= 0.6 is 0 Å². The second-order valence-corrected chi connectivity index (χ2v) is 6.33. The Kier molecular flexibility index (Phi) is 4.94. The predicted molar refractivity (Wildman–Crippen MR) is 74.7 cm³/mol. The van der Waals surface area contributed by atoms with Crippen LogP contribution in [0, 0.1) is 11.3 Å². The third-order valence-electron chi connectivity index (χ3n) is 2.98. The van der Waals surface area contributed by atoms with Crippen LogP contribution in [0.25, 0.3) is 0 Å². The molecule has 0 atom stereocenters. The Hall–Kier alpha value is -1.31. The smallest absolute Gasteiger partial charge is 0.303 e. The van der Waals surface area contributed by atoms with Crippen LogP contribution in [0.15, 0.2) is 24.3 Å². The summed E-state index contributed by atoms with van der Waals surface area (Å²) in [5.41, 5.74) is 2.38. The normalized spacial score (nSPS) is 11.8. The average Bonchev–Trinajstić information content (AvgIpc) is 2.17. The first-order valence-corrected chi connectivity index (χ1v) is 6.58. The molecule has 0 radical (unpaired) electrons. The zero-order valence-corrected chi connectivity index (χ0v) is 11.9. The standard InChI is InChI=1S/C16H24O2/c1-12(2)9-13-5-7-14(8-6-13)10-16(3,4)11-15(17)18/h5-8,12H,9-11H2,1-4H3,(H,17,18). The fraction of sp³-hybridized carbons (Fsp3) is 0.562. The van der Waals surface area contributed by atoms with Crippen LogP contribution in [0.2, 0.25) is 0 Å². The third-order valence-corrected chi connectivity index (χ3v) is 2.98. The fourth-order valence-corrected chi connectivity index (χ4v) is 2.29. The summed E-state index contributed by atoms with van der Waals surface area (Å²) < 4.78 is 0. The molecule has 0 bridgehead atoms. The minimum absolute atomic E-state index is 0.189. The van der Waals surface area contributed by atoms with Crippen molar-refractivity contribution in [1.82, 2.24) is 0 Å². The van der Waals surface area contributed by atoms with Crippen molar-refractivity contribution >= 4 is 5.97 Å². The highest BCUT2D eigenvalue weighted by molar-refractivity contribution is 5.67. The van der Waals surface area contributed by atoms with Crippen molar-refractivity contribution in [3.63, 3.8) is 0 Å². The minimum atomic E-state index is -0.726. The van der Waals surface area contributed by atoms with Gasteiger partial charge >= 0.3 is 5.97 Å². The second kappa shape index (κ2) is 6.03. The molecule has 0 spiro atoms. The maximum Gasteiger partial charge on any atom is 0.303 e. The van der Waals surface area contributed by atoms with E-state index < -0.39 is 5.97 Å². The Labute approximate surface area is 110 Å². The molecule has 0 fully saturated rings. The predicted octanol–water partition coefficient (Wildman–Crippen LogP) is 3.93. The minimum Gasteiger partial charge on any atom is -0.481 e. The van der Waals surface area contributed by atoms with E-state index >= 15 is 0 Å². The summed E-state index contributed by atoms with van der Waals surface area (Å²) in [6.07, 6.45) is 2.11. The van der Waals surface area contributed by atoms with Crippen molar-refractivity contribution in [2.24, 2.45) is 11.3 Å². The molecule has 0 aliphatic heterocycles. The molecule has 0 aliphatic carbocycles. The molecule has 100 valence electrons. The molecule has 18 heavy (non-hydrogen) atoms. The molecule has 1 N–H and O–H groups in total. The number of benzene rings is 1. The Morgan fingerprint density at radius 1 is 1.17 bits per heavy atom. The van der Waals surface area contributed by atoms with E-state index in [2.05, 4.69) is 38.1 Å². The van der Waals surface area contributed by atoms with E-state index in [9.17, 15) is 4.79 Å². The van der Waals surface area contributed by atoms with Crippen LogP contribution in [0.4, 0.5) is 0 Å². The Morgan fingerprint density at radius 3 is 2.11 bits per heavy atom. The molecular formula is C16H24O2. The van der Waals surface area contributed by atoms with Gasteiger partial charge < -0.3 is 5.11 Å². The summed E-state index contributed by atoms with van der Waals surface area (Å²) >= 11 is 0. The average molecular weight is 248 g/mol. The molecule has 0 aromatic heterocycles. The van der Waals surface area contributed by atoms with Gasteiger partial charge in [-0.25, -0.2) is 0 Å². The lowest BCUT2D eigenvalue weighted by Gasteiger charge is -2.22. The highest BCUT2D eigenvalue weighted by Crippen LogP contribution is 2.26. The molecule has 0 saturated carbocycles. The lowest BCUT2D eigenvalue weighted by atomic mass is 9.82. The molecule has 0 heterocycles. The van der Waals surface area contributed by atoms with E-state index in [4.69, 9.17) is 5.11 Å². The number of aliphatic carboxylic acids is 1. The number of hydrogen-bond donors (Lipinski definition) is 1. The van der Waals surface area contributed by atoms with Gasteiger partial charge in [-0.1, -0.05) is 52.0 Å². The first-order valence-electron chi connectivity index (χ1n) is 6.58. The largest absolute Gasteiger partial charge is 0.481 e. The van der Waals surface area contributed by atoms with Crippen LogP contribution in [0.1, 0.15) is 45.2 Å². The molecule has 1 aromatic rings. The van der Waals surface area contributed by atoms with Gasteiger partial charge in [-0.05, 0) is 35.3 Å². The zero-order valence-electron chi connectivity index (χ0n) is 11.9. The lowest BCUT2D eigenvalue weighted by Crippen LogP contribution is -2.19. The summed E-state index contributed by atoms with van der Waals surface area (Å²) in [7, 11) is 0. The van der Waals surface area contributed by atoms with Gasteiger partial charge in [0, 0.05) is 0 Å². The van der Waals surface area contributed by atoms with Crippen molar-refractivity contribution in [2.45, 2.75) is 47.0 Å². The quantitative estimate of drug-likeness (QED) is 0.828. The highest BCUT2D eigenvalue weighted by Gasteiger charge is 2.22. The SMILES string of the molecule is CC(C)Cc1ccc(CC(C)(C)CC(=O)O)cc1. The zero-order chi connectivity index (χ0) is 13.8. The van der Waals surface area contributed by atoms with Crippen LogP contribution < -0.4 is 0 Å². The van der Waals surface area contributed by atoms with E-state index in [1.54, 1.807) is 0 Å². The third kappa shape index (κ3) is 5.35. The molecular weight excluding hydrogens is 224 g/mol. The number of rotatable bonds is 6. The van der Waals surface area contributed by atoms with Crippen LogP contribution in [-0.2, 0) is 17.6 Å². The number of carbonyl (C=O) groups is 1. The van der Waals surface area contributed by atoms with Crippen LogP contribution in [0.5, 0.6) is 0 Å². The number of carboxylic acid groups (broad SMARTS) is 1. The molecule has 0 saturated heterocycles. The fourth-order valence-electron chi connectivity index (χ4n) is 2.29. The highest BCUT2D eigenvalue weighted by atomic mass is 16.4. The molecule has 0 aliphatic rings. The molecule has 2 nitrogen and oxygen atoms in total. The first-order chi connectivity index (χ1) is 8.28. The molecule has 2 heteroatoms. The summed E-state index contributed by atoms with van der Waals surface area (Å²) in [5, 5.41) is 8.87. The van der Waals surface area contributed by atoms with Gasteiger partial charge in [0.25, 0.3) is 0 Å². The topological polar surface area (TPSA) is 37.3 Å². The number of hydrogen-bond acceptors (Lipinski definition) is 1. The van der Waals surface area contributed by atoms with Gasteiger partial charge in [0.2, 0.25) is 0 Å². The summed E-state index contributed by atoms with van der Waals surface area (Å²) in [6.45, 7) is 8.43. The summed E-state index contributed by atoms with van der Waals surface area (Å²) in [5.74, 6) is -0.0595. The Bertz CT molecular complexity index is 388. The second-order valence-electron chi connectivity index (χ2n) is 6.33. The van der Waals surface area contributed by atoms with E-state index in [0.29, 0.717) is 5.92 Å². The monoisotopic (exact) mass is 248 g/mol. The van der Waals surface area contributed by atoms with E-state index in [0.717, 1.165) is 12.8 Å². The Morgan fingerprint density at radius 2 is 1.67 bits per heavy atom. The molecule has 1 rings (SSSR count). The van der Waals surface area contributed by atoms with Gasteiger partial charge in [-0.3, -0.25) is 4.79 Å². The van der Waals surface area contributed by atoms with Gasteiger partial charge in [-0.15, -0.1) is 0 Å². The van der Waals surface area contributed by atoms with Gasteiger partial charge in [0.15, 0.2) is 0 Å². The van der Waals surface area contributed by atoms with Crippen molar-refractivity contribution in [1.29, 1.82) is 0 Å². The summed E-state index contributed by atoms with van der Waals surface area (Å²) in [6, 6.07) is 8.57. The van der Waals surface area contributed by atoms with E-state index in [1.807, 2.05) is 13.8 Å². The van der Waals surface area contributed by atoms with Crippen LogP contribution in [-0.4, -0.2) is 11.1 Å². The lowest BCUT2D eigenvalue weighted by molar-refractivity contribution is -0.139. The maximum absolute atomic E-state index is 10.8. The van der Waals surface area contributed by atoms with Crippen LogP contribution in [0.3, 0.4) is 0 Å². The number of carboxylic acids is 1. The van der Waals surface area contributed by atoms with E-state index in [1.165, 1.54) is 11.1 Å². The van der Waals surface area contributed by atoms with Gasteiger partial charge in [-0.2, -0.15) is 0 Å². The van der Waals surface area contributed by atoms with E-state index in [-0.39, 0.29) is 11.8 Å². The van der Waals surface area contributed by atoms with Gasteiger partial charge in [0.05, 0.1) is 6.42 Å². The van der Waals surface area contributed by atoms with Crippen molar-refractivity contribution < 1.29 is 9.90 Å². The Balaban J connectivity index is 2.65. The molecule has 0 amide bonds. The van der Waals surface area contributed by atoms with Crippen molar-refractivity contribution in [3.8, 4) is 0 Å². The first kappa shape index (κ1) is 14.7. The maximum atomic E-state index is 10.8. The van der Waals surface area contributed by atoms with Crippen molar-refractivity contribution in [3.05, 3.63) is 35.4 Å². The van der Waals surface area contributed by atoms with Crippen molar-refractivity contribution in [2.75, 3.05) is 0 Å². The molecule has 1 aromatic carbocycles.